The Morgan fingerprint density at radius 3 is 2.15 bits per heavy atom. The first-order valence-electron chi connectivity index (χ1n) is 8.25. The molecule has 3 rings (SSSR count). The molecule has 3 aromatic rings. The van der Waals surface area contributed by atoms with Crippen LogP contribution < -0.4 is 20.1 Å². The van der Waals surface area contributed by atoms with Gasteiger partial charge in [-0.3, -0.25) is 4.79 Å². The Kier molecular flexibility index (Phi) is 5.84. The van der Waals surface area contributed by atoms with Gasteiger partial charge in [-0.1, -0.05) is 29.8 Å². The van der Waals surface area contributed by atoms with Gasteiger partial charge in [-0.25, -0.2) is 0 Å². The number of para-hydroxylation sites is 1. The van der Waals surface area contributed by atoms with Crippen LogP contribution in [-0.4, -0.2) is 20.1 Å². The number of benzene rings is 3. The summed E-state index contributed by atoms with van der Waals surface area (Å²) in [6.45, 7) is 0. The molecule has 0 aliphatic carbocycles. The molecule has 0 fully saturated rings. The smallest absolute Gasteiger partial charge is 0.257 e. The lowest BCUT2D eigenvalue weighted by atomic mass is 10.1. The van der Waals surface area contributed by atoms with E-state index < -0.39 is 0 Å². The van der Waals surface area contributed by atoms with Crippen molar-refractivity contribution in [2.24, 2.45) is 0 Å². The van der Waals surface area contributed by atoms with Crippen LogP contribution in [-0.2, 0) is 0 Å². The van der Waals surface area contributed by atoms with Gasteiger partial charge in [0.1, 0.15) is 11.5 Å². The van der Waals surface area contributed by atoms with E-state index in [-0.39, 0.29) is 5.91 Å². The predicted octanol–water partition coefficient (Wildman–Crippen LogP) is 5.35. The van der Waals surface area contributed by atoms with Gasteiger partial charge in [0, 0.05) is 34.6 Å². The number of hydrogen-bond acceptors (Lipinski definition) is 4. The fraction of sp³-hybridized carbons (Fsp3) is 0.0952. The fourth-order valence-electron chi connectivity index (χ4n) is 2.57. The van der Waals surface area contributed by atoms with Crippen molar-refractivity contribution < 1.29 is 14.3 Å². The second-order valence-electron chi connectivity index (χ2n) is 5.74. The summed E-state index contributed by atoms with van der Waals surface area (Å²) in [5.74, 6) is 0.864. The van der Waals surface area contributed by atoms with Crippen molar-refractivity contribution in [2.45, 2.75) is 0 Å². The Bertz CT molecular complexity index is 923. The van der Waals surface area contributed by atoms with Crippen LogP contribution >= 0.6 is 11.6 Å². The van der Waals surface area contributed by atoms with E-state index in [0.29, 0.717) is 33.5 Å². The van der Waals surface area contributed by atoms with Crippen LogP contribution in [0.4, 0.5) is 17.1 Å². The largest absolute Gasteiger partial charge is 0.497 e. The molecule has 0 saturated carbocycles. The van der Waals surface area contributed by atoms with Crippen LogP contribution in [0.15, 0.2) is 66.7 Å². The third-order valence-corrected chi connectivity index (χ3v) is 4.12. The van der Waals surface area contributed by atoms with Gasteiger partial charge in [0.25, 0.3) is 5.91 Å². The van der Waals surface area contributed by atoms with Crippen molar-refractivity contribution in [3.05, 3.63) is 77.3 Å². The fourth-order valence-corrected chi connectivity index (χ4v) is 2.74. The zero-order valence-electron chi connectivity index (χ0n) is 15.0. The minimum Gasteiger partial charge on any atom is -0.497 e. The highest BCUT2D eigenvalue weighted by atomic mass is 35.5. The first-order chi connectivity index (χ1) is 13.1. The topological polar surface area (TPSA) is 59.6 Å². The zero-order valence-corrected chi connectivity index (χ0v) is 15.7. The molecule has 1 amide bonds. The van der Waals surface area contributed by atoms with Crippen LogP contribution in [0.3, 0.4) is 0 Å². The van der Waals surface area contributed by atoms with Gasteiger partial charge < -0.3 is 20.1 Å². The highest BCUT2D eigenvalue weighted by Gasteiger charge is 2.14. The Hall–Kier alpha value is -3.18. The number of hydrogen-bond donors (Lipinski definition) is 2. The molecule has 0 aliphatic heterocycles. The van der Waals surface area contributed by atoms with Crippen molar-refractivity contribution in [3.63, 3.8) is 0 Å². The van der Waals surface area contributed by atoms with Crippen LogP contribution in [0.2, 0.25) is 5.02 Å². The molecule has 5 nitrogen and oxygen atoms in total. The monoisotopic (exact) mass is 382 g/mol. The second kappa shape index (κ2) is 8.47. The lowest BCUT2D eigenvalue weighted by Gasteiger charge is -2.14. The molecule has 0 aromatic heterocycles. The third-order valence-electron chi connectivity index (χ3n) is 3.89. The van der Waals surface area contributed by atoms with Crippen LogP contribution in [0, 0.1) is 0 Å². The van der Waals surface area contributed by atoms with Gasteiger partial charge in [-0.2, -0.15) is 0 Å². The van der Waals surface area contributed by atoms with E-state index in [1.165, 1.54) is 0 Å². The van der Waals surface area contributed by atoms with Crippen molar-refractivity contribution in [1.82, 2.24) is 0 Å². The van der Waals surface area contributed by atoms with Gasteiger partial charge in [-0.05, 0) is 30.3 Å². The number of halogens is 1. The zero-order chi connectivity index (χ0) is 19.2. The number of ether oxygens (including phenoxy) is 2. The summed E-state index contributed by atoms with van der Waals surface area (Å²) in [7, 11) is 3.11. The molecule has 0 spiro atoms. The molecule has 3 aromatic carbocycles. The molecular formula is C21H19ClN2O3. The number of anilines is 3. The first-order valence-corrected chi connectivity index (χ1v) is 8.63. The summed E-state index contributed by atoms with van der Waals surface area (Å²) in [5.41, 5.74) is 2.50. The molecule has 2 N–H and O–H groups in total. The molecule has 0 radical (unpaired) electrons. The van der Waals surface area contributed by atoms with Crippen LogP contribution in [0.1, 0.15) is 10.4 Å². The lowest BCUT2D eigenvalue weighted by Crippen LogP contribution is -2.14. The van der Waals surface area contributed by atoms with Crippen molar-refractivity contribution >= 4 is 34.6 Å². The van der Waals surface area contributed by atoms with Crippen LogP contribution in [0.5, 0.6) is 11.5 Å². The maximum atomic E-state index is 12.9. The van der Waals surface area contributed by atoms with E-state index in [9.17, 15) is 4.79 Å². The van der Waals surface area contributed by atoms with E-state index in [4.69, 9.17) is 21.1 Å². The number of methoxy groups -OCH3 is 2. The summed E-state index contributed by atoms with van der Waals surface area (Å²) >= 11 is 6.11. The summed E-state index contributed by atoms with van der Waals surface area (Å²) in [4.78, 5) is 12.9. The molecule has 138 valence electrons. The Balaban J connectivity index is 1.89. The Morgan fingerprint density at radius 1 is 0.852 bits per heavy atom. The van der Waals surface area contributed by atoms with Gasteiger partial charge in [0.05, 0.1) is 25.5 Å². The lowest BCUT2D eigenvalue weighted by molar-refractivity contribution is 0.102. The van der Waals surface area contributed by atoms with Crippen LogP contribution in [0.25, 0.3) is 0 Å². The summed E-state index contributed by atoms with van der Waals surface area (Å²) in [6, 6.07) is 19.9. The quantitative estimate of drug-likeness (QED) is 0.603. The SMILES string of the molecule is COc1cc(NC(=O)c2cc(Cl)ccc2Nc2ccccc2)cc(OC)c1. The second-order valence-corrected chi connectivity index (χ2v) is 6.17. The molecule has 0 atom stereocenters. The molecule has 0 unspecified atom stereocenters. The van der Waals surface area contributed by atoms with E-state index in [1.807, 2.05) is 30.3 Å². The number of rotatable bonds is 6. The molecule has 0 aliphatic rings. The Labute approximate surface area is 162 Å². The number of carbonyl (C=O) groups is 1. The molecule has 0 saturated heterocycles. The number of amides is 1. The number of nitrogens with one attached hydrogen (secondary N) is 2. The van der Waals surface area contributed by atoms with E-state index >= 15 is 0 Å². The molecular weight excluding hydrogens is 364 g/mol. The molecule has 0 bridgehead atoms. The highest BCUT2D eigenvalue weighted by Crippen LogP contribution is 2.28. The van der Waals surface area contributed by atoms with E-state index in [0.717, 1.165) is 5.69 Å². The molecule has 6 heteroatoms. The standard InChI is InChI=1S/C21H19ClN2O3/c1-26-17-11-16(12-18(13-17)27-2)24-21(25)19-10-14(22)8-9-20(19)23-15-6-4-3-5-7-15/h3-13,23H,1-2H3,(H,24,25). The maximum Gasteiger partial charge on any atom is 0.257 e. The van der Waals surface area contributed by atoms with Gasteiger partial charge in [0.15, 0.2) is 0 Å². The van der Waals surface area contributed by atoms with Crippen molar-refractivity contribution in [3.8, 4) is 11.5 Å². The summed E-state index contributed by atoms with van der Waals surface area (Å²) in [5, 5.41) is 6.58. The highest BCUT2D eigenvalue weighted by molar-refractivity contribution is 6.31. The van der Waals surface area contributed by atoms with Crippen molar-refractivity contribution in [2.75, 3.05) is 24.9 Å². The first kappa shape index (κ1) is 18.6. The van der Waals surface area contributed by atoms with Gasteiger partial charge in [0.2, 0.25) is 0 Å². The molecule has 0 heterocycles. The summed E-state index contributed by atoms with van der Waals surface area (Å²) in [6.07, 6.45) is 0. The Morgan fingerprint density at radius 2 is 1.52 bits per heavy atom. The van der Waals surface area contributed by atoms with Crippen molar-refractivity contribution in [1.29, 1.82) is 0 Å². The minimum absolute atomic E-state index is 0.300. The average Bonchev–Trinajstić information content (AvgIpc) is 2.69. The number of carbonyl (C=O) groups excluding carboxylic acids is 1. The summed E-state index contributed by atoms with van der Waals surface area (Å²) < 4.78 is 10.5. The molecule has 27 heavy (non-hydrogen) atoms. The minimum atomic E-state index is -0.300. The normalized spacial score (nSPS) is 10.2. The van der Waals surface area contributed by atoms with E-state index in [2.05, 4.69) is 10.6 Å². The van der Waals surface area contributed by atoms with Gasteiger partial charge >= 0.3 is 0 Å². The van der Waals surface area contributed by atoms with Gasteiger partial charge in [-0.15, -0.1) is 0 Å². The maximum absolute atomic E-state index is 12.9. The average molecular weight is 383 g/mol. The predicted molar refractivity (Wildman–Crippen MR) is 109 cm³/mol. The third kappa shape index (κ3) is 4.71. The van der Waals surface area contributed by atoms with E-state index in [1.54, 1.807) is 50.6 Å².